The van der Waals surface area contributed by atoms with Crippen LogP contribution in [0.2, 0.25) is 0 Å². The molecular formula is C15H15N3O4S. The van der Waals surface area contributed by atoms with Gasteiger partial charge in [0.25, 0.3) is 11.5 Å². The molecule has 0 fully saturated rings. The fourth-order valence-electron chi connectivity index (χ4n) is 2.28. The van der Waals surface area contributed by atoms with Gasteiger partial charge in [0.05, 0.1) is 29.4 Å². The molecule has 1 amide bonds. The minimum absolute atomic E-state index is 0.0193. The van der Waals surface area contributed by atoms with Gasteiger partial charge >= 0.3 is 0 Å². The number of hydrogen-bond donors (Lipinski definition) is 2. The zero-order valence-corrected chi connectivity index (χ0v) is 13.4. The predicted molar refractivity (Wildman–Crippen MR) is 85.6 cm³/mol. The molecule has 0 aliphatic carbocycles. The van der Waals surface area contributed by atoms with Gasteiger partial charge in [0.1, 0.15) is 16.7 Å². The van der Waals surface area contributed by atoms with Crippen LogP contribution in [0, 0.1) is 6.92 Å². The largest absolute Gasteiger partial charge is 0.467 e. The third-order valence-electron chi connectivity index (χ3n) is 3.54. The Morgan fingerprint density at radius 3 is 3.04 bits per heavy atom. The molecule has 0 radical (unpaired) electrons. The molecule has 0 spiro atoms. The first-order valence-corrected chi connectivity index (χ1v) is 7.75. The average molecular weight is 333 g/mol. The van der Waals surface area contributed by atoms with Crippen LogP contribution in [0.25, 0.3) is 10.2 Å². The zero-order chi connectivity index (χ0) is 16.6. The maximum absolute atomic E-state index is 12.3. The van der Waals surface area contributed by atoms with E-state index < -0.39 is 6.10 Å². The number of nitrogens with zero attached hydrogens (tertiary/aromatic N) is 2. The van der Waals surface area contributed by atoms with E-state index in [1.165, 1.54) is 17.2 Å². The normalized spacial score (nSPS) is 12.5. The molecule has 23 heavy (non-hydrogen) atoms. The van der Waals surface area contributed by atoms with Crippen molar-refractivity contribution in [2.24, 2.45) is 7.05 Å². The molecule has 3 heterocycles. The summed E-state index contributed by atoms with van der Waals surface area (Å²) in [4.78, 5) is 29.6. The molecule has 3 rings (SSSR count). The van der Waals surface area contributed by atoms with E-state index in [-0.39, 0.29) is 18.0 Å². The molecule has 2 N–H and O–H groups in total. The average Bonchev–Trinajstić information content (AvgIpc) is 3.17. The molecule has 0 bridgehead atoms. The van der Waals surface area contributed by atoms with Gasteiger partial charge in [0.15, 0.2) is 0 Å². The van der Waals surface area contributed by atoms with Gasteiger partial charge in [-0.15, -0.1) is 11.3 Å². The Labute approximate surface area is 135 Å². The smallest absolute Gasteiger partial charge is 0.262 e. The molecule has 0 aliphatic heterocycles. The van der Waals surface area contributed by atoms with E-state index in [4.69, 9.17) is 4.42 Å². The van der Waals surface area contributed by atoms with E-state index in [0.29, 0.717) is 26.4 Å². The number of hydrogen-bond acceptors (Lipinski definition) is 6. The highest BCUT2D eigenvalue weighted by atomic mass is 32.1. The van der Waals surface area contributed by atoms with Gasteiger partial charge in [-0.2, -0.15) is 0 Å². The molecule has 0 aromatic carbocycles. The summed E-state index contributed by atoms with van der Waals surface area (Å²) in [5.74, 6) is 0.0343. The molecule has 8 heteroatoms. The van der Waals surface area contributed by atoms with Gasteiger partial charge in [0, 0.05) is 7.05 Å². The SMILES string of the molecule is Cc1c(C(=O)NCC(O)c2ccco2)sc2ncn(C)c(=O)c12. The highest BCUT2D eigenvalue weighted by molar-refractivity contribution is 7.20. The number of nitrogens with one attached hydrogen (secondary N) is 1. The van der Waals surface area contributed by atoms with Crippen molar-refractivity contribution >= 4 is 27.5 Å². The molecular weight excluding hydrogens is 318 g/mol. The van der Waals surface area contributed by atoms with E-state index in [2.05, 4.69) is 10.3 Å². The Balaban J connectivity index is 1.83. The number of fused-ring (bicyclic) bond motifs is 1. The molecule has 1 unspecified atom stereocenters. The van der Waals surface area contributed by atoms with Crippen LogP contribution in [0.5, 0.6) is 0 Å². The van der Waals surface area contributed by atoms with Crippen molar-refractivity contribution in [1.29, 1.82) is 0 Å². The quantitative estimate of drug-likeness (QED) is 0.751. The van der Waals surface area contributed by atoms with E-state index in [9.17, 15) is 14.7 Å². The van der Waals surface area contributed by atoms with E-state index in [0.717, 1.165) is 11.3 Å². The van der Waals surface area contributed by atoms with E-state index in [1.807, 2.05) is 0 Å². The zero-order valence-electron chi connectivity index (χ0n) is 12.6. The molecule has 0 saturated carbocycles. The van der Waals surface area contributed by atoms with Crippen LogP contribution in [0.1, 0.15) is 27.1 Å². The second kappa shape index (κ2) is 5.98. The van der Waals surface area contributed by atoms with Gasteiger partial charge < -0.3 is 19.4 Å². The summed E-state index contributed by atoms with van der Waals surface area (Å²) < 4.78 is 6.46. The van der Waals surface area contributed by atoms with Crippen LogP contribution < -0.4 is 10.9 Å². The van der Waals surface area contributed by atoms with E-state index >= 15 is 0 Å². The van der Waals surface area contributed by atoms with Crippen LogP contribution >= 0.6 is 11.3 Å². The number of aliphatic hydroxyl groups excluding tert-OH is 1. The van der Waals surface area contributed by atoms with Crippen molar-refractivity contribution in [2.75, 3.05) is 6.54 Å². The number of aryl methyl sites for hydroxylation is 2. The van der Waals surface area contributed by atoms with Crippen LogP contribution in [0.3, 0.4) is 0 Å². The Hall–Kier alpha value is -2.45. The molecule has 3 aromatic rings. The van der Waals surface area contributed by atoms with Crippen molar-refractivity contribution < 1.29 is 14.3 Å². The lowest BCUT2D eigenvalue weighted by atomic mass is 10.2. The van der Waals surface area contributed by atoms with Crippen molar-refractivity contribution in [3.05, 3.63) is 51.3 Å². The molecule has 1 atom stereocenters. The summed E-state index contributed by atoms with van der Waals surface area (Å²) >= 11 is 1.16. The topological polar surface area (TPSA) is 97.4 Å². The summed E-state index contributed by atoms with van der Waals surface area (Å²) in [6.45, 7) is 1.74. The second-order valence-electron chi connectivity index (χ2n) is 5.14. The van der Waals surface area contributed by atoms with Gasteiger partial charge in [0.2, 0.25) is 0 Å². The maximum atomic E-state index is 12.3. The van der Waals surface area contributed by atoms with Crippen LogP contribution in [0.15, 0.2) is 33.9 Å². The lowest BCUT2D eigenvalue weighted by molar-refractivity contribution is 0.0904. The summed E-state index contributed by atoms with van der Waals surface area (Å²) in [7, 11) is 1.62. The fourth-order valence-corrected chi connectivity index (χ4v) is 3.33. The molecule has 0 saturated heterocycles. The molecule has 0 aliphatic rings. The van der Waals surface area contributed by atoms with Gasteiger partial charge in [-0.25, -0.2) is 4.98 Å². The number of thiophene rings is 1. The third kappa shape index (κ3) is 2.78. The highest BCUT2D eigenvalue weighted by Crippen LogP contribution is 2.26. The lowest BCUT2D eigenvalue weighted by Crippen LogP contribution is -2.28. The predicted octanol–water partition coefficient (Wildman–Crippen LogP) is 1.36. The first kappa shape index (κ1) is 15.4. The van der Waals surface area contributed by atoms with Crippen LogP contribution in [-0.2, 0) is 7.05 Å². The Morgan fingerprint density at radius 1 is 1.57 bits per heavy atom. The number of aliphatic hydroxyl groups is 1. The van der Waals surface area contributed by atoms with E-state index in [1.54, 1.807) is 26.1 Å². The van der Waals surface area contributed by atoms with Crippen molar-refractivity contribution in [3.8, 4) is 0 Å². The van der Waals surface area contributed by atoms with Crippen molar-refractivity contribution in [2.45, 2.75) is 13.0 Å². The number of carbonyl (C=O) groups excluding carboxylic acids is 1. The number of carbonyl (C=O) groups is 1. The summed E-state index contributed by atoms with van der Waals surface area (Å²) in [6, 6.07) is 3.30. The molecule has 120 valence electrons. The minimum Gasteiger partial charge on any atom is -0.467 e. The summed E-state index contributed by atoms with van der Waals surface area (Å²) in [5.41, 5.74) is 0.419. The van der Waals surface area contributed by atoms with Crippen molar-refractivity contribution in [1.82, 2.24) is 14.9 Å². The monoisotopic (exact) mass is 333 g/mol. The first-order chi connectivity index (χ1) is 11.0. The first-order valence-electron chi connectivity index (χ1n) is 6.93. The van der Waals surface area contributed by atoms with Crippen molar-refractivity contribution in [3.63, 3.8) is 0 Å². The molecule has 7 nitrogen and oxygen atoms in total. The summed E-state index contributed by atoms with van der Waals surface area (Å²) in [5, 5.41) is 13.0. The number of aromatic nitrogens is 2. The number of rotatable bonds is 4. The highest BCUT2D eigenvalue weighted by Gasteiger charge is 2.20. The van der Waals surface area contributed by atoms with Crippen LogP contribution in [0.4, 0.5) is 0 Å². The minimum atomic E-state index is -0.922. The van der Waals surface area contributed by atoms with Gasteiger partial charge in [-0.3, -0.25) is 9.59 Å². The lowest BCUT2D eigenvalue weighted by Gasteiger charge is -2.09. The second-order valence-corrected chi connectivity index (χ2v) is 6.14. The molecule has 3 aromatic heterocycles. The summed E-state index contributed by atoms with van der Waals surface area (Å²) in [6.07, 6.45) is 1.97. The Kier molecular flexibility index (Phi) is 4.01. The standard InChI is InChI=1S/C15H15N3O4S/c1-8-11-14(17-7-18(2)15(11)21)23-12(8)13(20)16-6-9(19)10-4-3-5-22-10/h3-5,7,9,19H,6H2,1-2H3,(H,16,20). The Bertz CT molecular complexity index is 911. The number of furan rings is 1. The van der Waals surface area contributed by atoms with Gasteiger partial charge in [-0.1, -0.05) is 0 Å². The maximum Gasteiger partial charge on any atom is 0.262 e. The fraction of sp³-hybridized carbons (Fsp3) is 0.267. The Morgan fingerprint density at radius 2 is 2.35 bits per heavy atom. The van der Waals surface area contributed by atoms with Crippen LogP contribution in [-0.4, -0.2) is 27.1 Å². The number of amides is 1. The van der Waals surface area contributed by atoms with Gasteiger partial charge in [-0.05, 0) is 24.6 Å². The third-order valence-corrected chi connectivity index (χ3v) is 4.74.